The van der Waals surface area contributed by atoms with Crippen molar-refractivity contribution >= 4 is 0 Å². The van der Waals surface area contributed by atoms with Gasteiger partial charge in [0.25, 0.3) is 0 Å². The summed E-state index contributed by atoms with van der Waals surface area (Å²) < 4.78 is 2.13. The number of nitrogens with one attached hydrogen (secondary N) is 2. The van der Waals surface area contributed by atoms with E-state index in [1.165, 1.54) is 32.0 Å². The molecule has 1 unspecified atom stereocenters. The van der Waals surface area contributed by atoms with Crippen LogP contribution in [0.25, 0.3) is 0 Å². The standard InChI is InChI=1S/C13H20N6/c1-14-12(13-15-9-16-17-13)8-10-6-7-19(18-10)11-4-2-3-5-11/h6-7,9,11-12,14H,2-5,8H2,1H3,(H,15,16,17). The Morgan fingerprint density at radius 3 is 3.00 bits per heavy atom. The van der Waals surface area contributed by atoms with E-state index in [0.717, 1.165) is 17.9 Å². The van der Waals surface area contributed by atoms with Crippen molar-refractivity contribution in [3.63, 3.8) is 0 Å². The number of likely N-dealkylation sites (N-methyl/N-ethyl adjacent to an activating group) is 1. The van der Waals surface area contributed by atoms with Crippen molar-refractivity contribution in [1.82, 2.24) is 30.3 Å². The van der Waals surface area contributed by atoms with E-state index in [9.17, 15) is 0 Å². The fraction of sp³-hybridized carbons (Fsp3) is 0.615. The topological polar surface area (TPSA) is 71.4 Å². The summed E-state index contributed by atoms with van der Waals surface area (Å²) in [6.45, 7) is 0. The lowest BCUT2D eigenvalue weighted by Crippen LogP contribution is -2.20. The van der Waals surface area contributed by atoms with Crippen LogP contribution in [0, 0.1) is 0 Å². The van der Waals surface area contributed by atoms with E-state index < -0.39 is 0 Å². The Bertz CT molecular complexity index is 497. The molecule has 1 aliphatic carbocycles. The second-order valence-corrected chi connectivity index (χ2v) is 5.14. The largest absolute Gasteiger partial charge is 0.310 e. The Morgan fingerprint density at radius 2 is 2.32 bits per heavy atom. The van der Waals surface area contributed by atoms with Crippen molar-refractivity contribution in [2.75, 3.05) is 7.05 Å². The lowest BCUT2D eigenvalue weighted by Gasteiger charge is -2.12. The number of hydrogen-bond acceptors (Lipinski definition) is 4. The summed E-state index contributed by atoms with van der Waals surface area (Å²) in [4.78, 5) is 4.20. The van der Waals surface area contributed by atoms with E-state index in [1.807, 2.05) is 7.05 Å². The molecule has 6 nitrogen and oxygen atoms in total. The number of hydrogen-bond donors (Lipinski definition) is 2. The first kappa shape index (κ1) is 12.3. The van der Waals surface area contributed by atoms with Gasteiger partial charge in [0.15, 0.2) is 0 Å². The number of aromatic amines is 1. The zero-order valence-corrected chi connectivity index (χ0v) is 11.2. The molecule has 0 spiro atoms. The highest BCUT2D eigenvalue weighted by Crippen LogP contribution is 2.29. The van der Waals surface area contributed by atoms with Gasteiger partial charge in [0, 0.05) is 12.6 Å². The molecule has 1 fully saturated rings. The third kappa shape index (κ3) is 2.68. The quantitative estimate of drug-likeness (QED) is 0.857. The number of aromatic nitrogens is 5. The predicted molar refractivity (Wildman–Crippen MR) is 71.6 cm³/mol. The Balaban J connectivity index is 1.69. The maximum absolute atomic E-state index is 4.70. The van der Waals surface area contributed by atoms with Gasteiger partial charge < -0.3 is 5.32 Å². The smallest absolute Gasteiger partial charge is 0.141 e. The fourth-order valence-corrected chi connectivity index (χ4v) is 2.79. The minimum Gasteiger partial charge on any atom is -0.310 e. The molecule has 19 heavy (non-hydrogen) atoms. The molecule has 0 radical (unpaired) electrons. The van der Waals surface area contributed by atoms with Crippen LogP contribution in [0.2, 0.25) is 0 Å². The predicted octanol–water partition coefficient (Wildman–Crippen LogP) is 1.62. The average Bonchev–Trinajstić information content (AvgIpc) is 3.15. The molecule has 2 aromatic rings. The van der Waals surface area contributed by atoms with Crippen LogP contribution in [0.4, 0.5) is 0 Å². The Morgan fingerprint density at radius 1 is 1.47 bits per heavy atom. The zero-order valence-electron chi connectivity index (χ0n) is 11.2. The molecule has 1 atom stereocenters. The first-order valence-corrected chi connectivity index (χ1v) is 6.93. The molecule has 0 aliphatic heterocycles. The molecule has 2 heterocycles. The summed E-state index contributed by atoms with van der Waals surface area (Å²) in [5.74, 6) is 0.859. The van der Waals surface area contributed by atoms with E-state index in [4.69, 9.17) is 5.10 Å². The number of H-pyrrole nitrogens is 1. The highest BCUT2D eigenvalue weighted by molar-refractivity contribution is 5.06. The summed E-state index contributed by atoms with van der Waals surface area (Å²) in [6, 6.07) is 2.85. The van der Waals surface area contributed by atoms with E-state index in [2.05, 4.69) is 37.4 Å². The van der Waals surface area contributed by atoms with E-state index in [1.54, 1.807) is 0 Å². The highest BCUT2D eigenvalue weighted by atomic mass is 15.3. The van der Waals surface area contributed by atoms with Crippen molar-refractivity contribution in [3.8, 4) is 0 Å². The summed E-state index contributed by atoms with van der Waals surface area (Å²) >= 11 is 0. The van der Waals surface area contributed by atoms with Gasteiger partial charge in [-0.25, -0.2) is 4.98 Å². The van der Waals surface area contributed by atoms with Gasteiger partial charge in [-0.2, -0.15) is 10.2 Å². The van der Waals surface area contributed by atoms with Crippen LogP contribution in [0.5, 0.6) is 0 Å². The Kier molecular flexibility index (Phi) is 3.59. The maximum atomic E-state index is 4.70. The van der Waals surface area contributed by atoms with Crippen LogP contribution in [0.3, 0.4) is 0 Å². The van der Waals surface area contributed by atoms with Crippen molar-refractivity contribution < 1.29 is 0 Å². The molecular weight excluding hydrogens is 240 g/mol. The third-order valence-corrected chi connectivity index (χ3v) is 3.89. The van der Waals surface area contributed by atoms with Crippen LogP contribution >= 0.6 is 0 Å². The molecule has 2 aromatic heterocycles. The van der Waals surface area contributed by atoms with Crippen molar-refractivity contribution in [2.45, 2.75) is 44.2 Å². The molecule has 0 aromatic carbocycles. The molecule has 0 saturated heterocycles. The van der Waals surface area contributed by atoms with Crippen molar-refractivity contribution in [3.05, 3.63) is 30.1 Å². The normalized spacial score (nSPS) is 17.9. The van der Waals surface area contributed by atoms with Gasteiger partial charge in [-0.1, -0.05) is 12.8 Å². The molecule has 3 rings (SSSR count). The molecule has 1 aliphatic rings. The van der Waals surface area contributed by atoms with Crippen LogP contribution < -0.4 is 5.32 Å². The van der Waals surface area contributed by atoms with Gasteiger partial charge in [-0.15, -0.1) is 0 Å². The Hall–Kier alpha value is -1.69. The first-order chi connectivity index (χ1) is 9.36. The minimum absolute atomic E-state index is 0.134. The molecule has 1 saturated carbocycles. The average molecular weight is 260 g/mol. The molecule has 0 amide bonds. The molecule has 6 heteroatoms. The summed E-state index contributed by atoms with van der Waals surface area (Å²) in [5, 5.41) is 14.8. The zero-order chi connectivity index (χ0) is 13.1. The summed E-state index contributed by atoms with van der Waals surface area (Å²) in [5.41, 5.74) is 1.10. The second kappa shape index (κ2) is 5.52. The summed E-state index contributed by atoms with van der Waals surface area (Å²) in [6.07, 6.45) is 9.66. The lowest BCUT2D eigenvalue weighted by molar-refractivity contribution is 0.457. The van der Waals surface area contributed by atoms with Gasteiger partial charge in [0.05, 0.1) is 17.8 Å². The lowest BCUT2D eigenvalue weighted by atomic mass is 10.1. The van der Waals surface area contributed by atoms with E-state index in [0.29, 0.717) is 6.04 Å². The SMILES string of the molecule is CNC(Cc1ccn(C2CCCC2)n1)c1ncn[nH]1. The van der Waals surface area contributed by atoms with Crippen LogP contribution in [0.15, 0.2) is 18.6 Å². The molecular formula is C13H20N6. The number of nitrogens with zero attached hydrogens (tertiary/aromatic N) is 4. The second-order valence-electron chi connectivity index (χ2n) is 5.14. The van der Waals surface area contributed by atoms with Crippen LogP contribution in [-0.4, -0.2) is 32.0 Å². The van der Waals surface area contributed by atoms with Gasteiger partial charge in [0.2, 0.25) is 0 Å². The van der Waals surface area contributed by atoms with Gasteiger partial charge >= 0.3 is 0 Å². The minimum atomic E-state index is 0.134. The molecule has 2 N–H and O–H groups in total. The molecule has 102 valence electrons. The maximum Gasteiger partial charge on any atom is 0.141 e. The van der Waals surface area contributed by atoms with Crippen molar-refractivity contribution in [2.24, 2.45) is 0 Å². The van der Waals surface area contributed by atoms with Gasteiger partial charge in [-0.3, -0.25) is 9.78 Å². The number of rotatable bonds is 5. The Labute approximate surface area is 112 Å². The summed E-state index contributed by atoms with van der Waals surface area (Å²) in [7, 11) is 1.93. The van der Waals surface area contributed by atoms with Gasteiger partial charge in [-0.05, 0) is 26.0 Å². The first-order valence-electron chi connectivity index (χ1n) is 6.93. The third-order valence-electron chi connectivity index (χ3n) is 3.89. The van der Waals surface area contributed by atoms with E-state index in [-0.39, 0.29) is 6.04 Å². The van der Waals surface area contributed by atoms with Gasteiger partial charge in [0.1, 0.15) is 12.2 Å². The fourth-order valence-electron chi connectivity index (χ4n) is 2.79. The van der Waals surface area contributed by atoms with Crippen LogP contribution in [0.1, 0.15) is 49.3 Å². The van der Waals surface area contributed by atoms with Crippen LogP contribution in [-0.2, 0) is 6.42 Å². The monoisotopic (exact) mass is 260 g/mol. The molecule has 0 bridgehead atoms. The van der Waals surface area contributed by atoms with E-state index >= 15 is 0 Å². The highest BCUT2D eigenvalue weighted by Gasteiger charge is 2.19. The van der Waals surface area contributed by atoms with Crippen molar-refractivity contribution in [1.29, 1.82) is 0 Å².